The number of aromatic nitrogens is 1. The summed E-state index contributed by atoms with van der Waals surface area (Å²) >= 11 is 0. The van der Waals surface area contributed by atoms with Crippen molar-refractivity contribution in [2.45, 2.75) is 38.0 Å². The van der Waals surface area contributed by atoms with Crippen molar-refractivity contribution in [1.29, 1.82) is 0 Å². The molecule has 1 aliphatic carbocycles. The standard InChI is InChI=1S/C15H16F6N2O2/c16-14(17,18)8-25-12-6-5-9(7-22-12)23-13(24)10-3-1-2-4-11(10)15(19,20)21/h5-7,10-11H,1-4,8H2,(H,23,24). The summed E-state index contributed by atoms with van der Waals surface area (Å²) in [4.78, 5) is 15.7. The van der Waals surface area contributed by atoms with Gasteiger partial charge in [0.05, 0.1) is 17.8 Å². The van der Waals surface area contributed by atoms with Crippen LogP contribution in [-0.4, -0.2) is 29.9 Å². The Balaban J connectivity index is 1.97. The fourth-order valence-electron chi connectivity index (χ4n) is 2.77. The van der Waals surface area contributed by atoms with Gasteiger partial charge in [-0.3, -0.25) is 4.79 Å². The van der Waals surface area contributed by atoms with Crippen molar-refractivity contribution in [1.82, 2.24) is 4.98 Å². The highest BCUT2D eigenvalue weighted by atomic mass is 19.4. The molecule has 1 N–H and O–H groups in total. The molecule has 140 valence electrons. The van der Waals surface area contributed by atoms with Crippen LogP contribution in [0.2, 0.25) is 0 Å². The lowest BCUT2D eigenvalue weighted by Gasteiger charge is -2.31. The van der Waals surface area contributed by atoms with Crippen molar-refractivity contribution in [3.05, 3.63) is 18.3 Å². The molecular formula is C15H16F6N2O2. The van der Waals surface area contributed by atoms with Crippen LogP contribution in [0.5, 0.6) is 5.88 Å². The van der Waals surface area contributed by atoms with Crippen LogP contribution < -0.4 is 10.1 Å². The van der Waals surface area contributed by atoms with Crippen LogP contribution >= 0.6 is 0 Å². The van der Waals surface area contributed by atoms with Crippen LogP contribution in [0.4, 0.5) is 32.0 Å². The molecule has 0 saturated heterocycles. The fraction of sp³-hybridized carbons (Fsp3) is 0.600. The van der Waals surface area contributed by atoms with Crippen LogP contribution in [0, 0.1) is 11.8 Å². The largest absolute Gasteiger partial charge is 0.468 e. The van der Waals surface area contributed by atoms with Crippen molar-refractivity contribution in [3.63, 3.8) is 0 Å². The Hall–Kier alpha value is -2.00. The lowest BCUT2D eigenvalue weighted by atomic mass is 9.78. The van der Waals surface area contributed by atoms with E-state index >= 15 is 0 Å². The first kappa shape index (κ1) is 19.3. The van der Waals surface area contributed by atoms with Gasteiger partial charge in [0.2, 0.25) is 11.8 Å². The number of anilines is 1. The molecule has 2 unspecified atom stereocenters. The number of amides is 1. The van der Waals surface area contributed by atoms with E-state index in [-0.39, 0.29) is 24.4 Å². The Bertz CT molecular complexity index is 585. The van der Waals surface area contributed by atoms with Crippen LogP contribution in [-0.2, 0) is 4.79 Å². The highest BCUT2D eigenvalue weighted by Gasteiger charge is 2.48. The molecule has 1 aromatic rings. The first-order valence-corrected chi connectivity index (χ1v) is 7.59. The van der Waals surface area contributed by atoms with E-state index < -0.39 is 36.7 Å². The molecule has 1 aliphatic rings. The Morgan fingerprint density at radius 1 is 1.16 bits per heavy atom. The molecule has 2 atom stereocenters. The third kappa shape index (κ3) is 5.79. The second-order valence-corrected chi connectivity index (χ2v) is 5.82. The number of nitrogens with zero attached hydrogens (tertiary/aromatic N) is 1. The van der Waals surface area contributed by atoms with Crippen LogP contribution in [0.15, 0.2) is 18.3 Å². The lowest BCUT2D eigenvalue weighted by molar-refractivity contribution is -0.197. The predicted molar refractivity (Wildman–Crippen MR) is 75.9 cm³/mol. The molecule has 1 saturated carbocycles. The van der Waals surface area contributed by atoms with E-state index in [1.54, 1.807) is 0 Å². The minimum atomic E-state index is -4.51. The summed E-state index contributed by atoms with van der Waals surface area (Å²) in [6.45, 7) is -1.51. The molecule has 0 spiro atoms. The van der Waals surface area contributed by atoms with Gasteiger partial charge < -0.3 is 10.1 Å². The number of carbonyl (C=O) groups is 1. The Labute approximate surface area is 139 Å². The van der Waals surface area contributed by atoms with Crippen molar-refractivity contribution in [2.75, 3.05) is 11.9 Å². The third-order valence-electron chi connectivity index (χ3n) is 3.91. The van der Waals surface area contributed by atoms with Gasteiger partial charge in [0, 0.05) is 12.0 Å². The highest BCUT2D eigenvalue weighted by Crippen LogP contribution is 2.41. The summed E-state index contributed by atoms with van der Waals surface area (Å²) in [5, 5.41) is 2.33. The summed E-state index contributed by atoms with van der Waals surface area (Å²) in [6.07, 6.45) is -6.93. The van der Waals surface area contributed by atoms with Crippen LogP contribution in [0.25, 0.3) is 0 Å². The molecular weight excluding hydrogens is 354 g/mol. The molecule has 0 radical (unpaired) electrons. The summed E-state index contributed by atoms with van der Waals surface area (Å²) in [5.74, 6) is -3.95. The summed E-state index contributed by atoms with van der Waals surface area (Å²) in [5.41, 5.74) is 0.0934. The summed E-state index contributed by atoms with van der Waals surface area (Å²) < 4.78 is 79.6. The van der Waals surface area contributed by atoms with Gasteiger partial charge in [-0.25, -0.2) is 4.98 Å². The number of halogens is 6. The van der Waals surface area contributed by atoms with Gasteiger partial charge in [0.15, 0.2) is 6.61 Å². The van der Waals surface area contributed by atoms with E-state index in [0.29, 0.717) is 12.8 Å². The lowest BCUT2D eigenvalue weighted by Crippen LogP contribution is -2.39. The minimum Gasteiger partial charge on any atom is -0.468 e. The molecule has 4 nitrogen and oxygen atoms in total. The zero-order chi connectivity index (χ0) is 18.7. The summed E-state index contributed by atoms with van der Waals surface area (Å²) in [6, 6.07) is 2.32. The number of rotatable bonds is 4. The number of alkyl halides is 6. The Kier molecular flexibility index (Phi) is 5.79. The first-order chi connectivity index (χ1) is 11.6. The van der Waals surface area contributed by atoms with E-state index in [9.17, 15) is 31.1 Å². The van der Waals surface area contributed by atoms with Gasteiger partial charge in [0.1, 0.15) is 0 Å². The Morgan fingerprint density at radius 3 is 2.40 bits per heavy atom. The van der Waals surface area contributed by atoms with Gasteiger partial charge in [-0.1, -0.05) is 12.8 Å². The maximum Gasteiger partial charge on any atom is 0.422 e. The maximum absolute atomic E-state index is 13.0. The van der Waals surface area contributed by atoms with Gasteiger partial charge in [-0.05, 0) is 18.9 Å². The van der Waals surface area contributed by atoms with E-state index in [1.807, 2.05) is 0 Å². The number of hydrogen-bond acceptors (Lipinski definition) is 3. The SMILES string of the molecule is O=C(Nc1ccc(OCC(F)(F)F)nc1)C1CCCCC1C(F)(F)F. The maximum atomic E-state index is 13.0. The number of ether oxygens (including phenoxy) is 1. The molecule has 25 heavy (non-hydrogen) atoms. The zero-order valence-electron chi connectivity index (χ0n) is 13.0. The molecule has 0 aromatic carbocycles. The van der Waals surface area contributed by atoms with Gasteiger partial charge >= 0.3 is 12.4 Å². The van der Waals surface area contributed by atoms with E-state index in [0.717, 1.165) is 12.3 Å². The topological polar surface area (TPSA) is 51.2 Å². The number of pyridine rings is 1. The molecule has 1 heterocycles. The van der Waals surface area contributed by atoms with Crippen LogP contribution in [0.1, 0.15) is 25.7 Å². The van der Waals surface area contributed by atoms with E-state index in [2.05, 4.69) is 15.0 Å². The third-order valence-corrected chi connectivity index (χ3v) is 3.91. The molecule has 10 heteroatoms. The van der Waals surface area contributed by atoms with E-state index in [1.165, 1.54) is 6.07 Å². The van der Waals surface area contributed by atoms with Crippen molar-refractivity contribution < 1.29 is 35.9 Å². The van der Waals surface area contributed by atoms with E-state index in [4.69, 9.17) is 0 Å². The first-order valence-electron chi connectivity index (χ1n) is 7.59. The quantitative estimate of drug-likeness (QED) is 0.803. The highest BCUT2D eigenvalue weighted by molar-refractivity contribution is 5.92. The summed E-state index contributed by atoms with van der Waals surface area (Å²) in [7, 11) is 0. The predicted octanol–water partition coefficient (Wildman–Crippen LogP) is 4.33. The average Bonchev–Trinajstić information content (AvgIpc) is 2.52. The van der Waals surface area contributed by atoms with Gasteiger partial charge in [-0.15, -0.1) is 0 Å². The average molecular weight is 370 g/mol. The number of hydrogen-bond donors (Lipinski definition) is 1. The fourth-order valence-corrected chi connectivity index (χ4v) is 2.77. The monoisotopic (exact) mass is 370 g/mol. The molecule has 1 amide bonds. The molecule has 0 aliphatic heterocycles. The van der Waals surface area contributed by atoms with Crippen molar-refractivity contribution in [3.8, 4) is 5.88 Å². The second-order valence-electron chi connectivity index (χ2n) is 5.82. The van der Waals surface area contributed by atoms with Crippen molar-refractivity contribution >= 4 is 11.6 Å². The second kappa shape index (κ2) is 7.49. The van der Waals surface area contributed by atoms with Crippen molar-refractivity contribution in [2.24, 2.45) is 11.8 Å². The Morgan fingerprint density at radius 2 is 1.84 bits per heavy atom. The van der Waals surface area contributed by atoms with Crippen LogP contribution in [0.3, 0.4) is 0 Å². The minimum absolute atomic E-state index is 0.0932. The number of nitrogens with one attached hydrogen (secondary N) is 1. The smallest absolute Gasteiger partial charge is 0.422 e. The zero-order valence-corrected chi connectivity index (χ0v) is 13.0. The normalized spacial score (nSPS) is 21.7. The molecule has 1 aromatic heterocycles. The van der Waals surface area contributed by atoms with Gasteiger partial charge in [0.25, 0.3) is 0 Å². The number of carbonyl (C=O) groups excluding carboxylic acids is 1. The molecule has 0 bridgehead atoms. The molecule has 1 fully saturated rings. The molecule has 2 rings (SSSR count). The van der Waals surface area contributed by atoms with Gasteiger partial charge in [-0.2, -0.15) is 26.3 Å².